The summed E-state index contributed by atoms with van der Waals surface area (Å²) in [7, 11) is 2.82. The number of benzene rings is 1. The van der Waals surface area contributed by atoms with Gasteiger partial charge in [0.1, 0.15) is 6.04 Å². The van der Waals surface area contributed by atoms with E-state index in [1.165, 1.54) is 14.2 Å². The minimum Gasteiger partial charge on any atom is -0.465 e. The van der Waals surface area contributed by atoms with Crippen LogP contribution >= 0.6 is 0 Å². The number of nitrogens with zero attached hydrogens (tertiary/aromatic N) is 2. The lowest BCUT2D eigenvalue weighted by Gasteiger charge is -2.39. The molecule has 6 nitrogen and oxygen atoms in total. The van der Waals surface area contributed by atoms with Gasteiger partial charge in [-0.05, 0) is 26.3 Å². The predicted molar refractivity (Wildman–Crippen MR) is 78.6 cm³/mol. The average Bonchev–Trinajstić information content (AvgIpc) is 2.42. The third-order valence-corrected chi connectivity index (χ3v) is 3.12. The van der Waals surface area contributed by atoms with E-state index in [4.69, 9.17) is 4.84 Å². The second-order valence-electron chi connectivity index (χ2n) is 5.65. The highest BCUT2D eigenvalue weighted by atomic mass is 16.7. The van der Waals surface area contributed by atoms with Gasteiger partial charge in [-0.3, -0.25) is 14.5 Å². The number of carboxylic acid groups (broad SMARTS) is 1. The van der Waals surface area contributed by atoms with Crippen molar-refractivity contribution in [3.8, 4) is 0 Å². The molecular formula is C15H22N2O4. The van der Waals surface area contributed by atoms with Crippen LogP contribution in [0.25, 0.3) is 0 Å². The van der Waals surface area contributed by atoms with E-state index in [1.807, 2.05) is 6.07 Å². The Kier molecular flexibility index (Phi) is 5.32. The predicted octanol–water partition coefficient (Wildman–Crippen LogP) is 2.53. The minimum absolute atomic E-state index is 0.443. The number of hydrogen-bond acceptors (Lipinski definition) is 3. The fraction of sp³-hybridized carbons (Fsp3) is 0.467. The summed E-state index contributed by atoms with van der Waals surface area (Å²) in [6.07, 6.45) is -1.16. The molecule has 0 saturated carbocycles. The summed E-state index contributed by atoms with van der Waals surface area (Å²) in [5.74, 6) is -0.443. The molecule has 6 heteroatoms. The Morgan fingerprint density at radius 3 is 2.10 bits per heavy atom. The highest BCUT2D eigenvalue weighted by Gasteiger charge is 2.39. The van der Waals surface area contributed by atoms with Crippen LogP contribution in [0.5, 0.6) is 0 Å². The molecule has 2 amide bonds. The lowest BCUT2D eigenvalue weighted by molar-refractivity contribution is -0.176. The molecule has 0 saturated heterocycles. The molecule has 116 valence electrons. The van der Waals surface area contributed by atoms with Crippen molar-refractivity contribution in [3.05, 3.63) is 35.9 Å². The second-order valence-corrected chi connectivity index (χ2v) is 5.65. The normalized spacial score (nSPS) is 12.6. The monoisotopic (exact) mass is 294 g/mol. The molecule has 0 unspecified atom stereocenters. The average molecular weight is 294 g/mol. The molecule has 0 aliphatic heterocycles. The van der Waals surface area contributed by atoms with Gasteiger partial charge in [0.15, 0.2) is 0 Å². The molecule has 1 atom stereocenters. The number of likely N-dealkylation sites (N-methyl/N-ethyl adjacent to an activating group) is 1. The first-order valence-electron chi connectivity index (χ1n) is 6.59. The Morgan fingerprint density at radius 2 is 1.71 bits per heavy atom. The maximum Gasteiger partial charge on any atom is 0.408 e. The molecule has 1 aromatic rings. The molecule has 21 heavy (non-hydrogen) atoms. The number of carbonyl (C=O) groups is 2. The van der Waals surface area contributed by atoms with E-state index in [9.17, 15) is 14.7 Å². The van der Waals surface area contributed by atoms with E-state index in [0.717, 1.165) is 9.96 Å². The molecule has 0 radical (unpaired) electrons. The Hall–Kier alpha value is -2.08. The summed E-state index contributed by atoms with van der Waals surface area (Å²) in [6, 6.07) is 7.85. The number of amides is 2. The van der Waals surface area contributed by atoms with Crippen molar-refractivity contribution in [2.45, 2.75) is 32.4 Å². The van der Waals surface area contributed by atoms with Gasteiger partial charge < -0.3 is 5.11 Å². The lowest BCUT2D eigenvalue weighted by atomic mass is 9.97. The molecule has 0 spiro atoms. The lowest BCUT2D eigenvalue weighted by Crippen LogP contribution is -2.52. The molecule has 0 fully saturated rings. The minimum atomic E-state index is -1.16. The fourth-order valence-corrected chi connectivity index (χ4v) is 2.08. The van der Waals surface area contributed by atoms with Crippen molar-refractivity contribution >= 4 is 12.0 Å². The van der Waals surface area contributed by atoms with Crippen LogP contribution in [0.1, 0.15) is 32.4 Å². The summed E-state index contributed by atoms with van der Waals surface area (Å²) < 4.78 is 0. The third kappa shape index (κ3) is 3.95. The topological polar surface area (TPSA) is 70.1 Å². The zero-order valence-electron chi connectivity index (χ0n) is 13.0. The molecule has 0 bridgehead atoms. The molecule has 0 aromatic heterocycles. The van der Waals surface area contributed by atoms with Crippen LogP contribution in [0.15, 0.2) is 30.3 Å². The number of rotatable bonds is 4. The molecule has 1 rings (SSSR count). The molecule has 1 N–H and O–H groups in total. The van der Waals surface area contributed by atoms with E-state index < -0.39 is 23.6 Å². The van der Waals surface area contributed by atoms with E-state index >= 15 is 0 Å². The van der Waals surface area contributed by atoms with Crippen molar-refractivity contribution in [2.75, 3.05) is 14.2 Å². The fourth-order valence-electron chi connectivity index (χ4n) is 2.08. The third-order valence-electron chi connectivity index (χ3n) is 3.12. The van der Waals surface area contributed by atoms with E-state index in [0.29, 0.717) is 5.56 Å². The van der Waals surface area contributed by atoms with Crippen LogP contribution in [-0.4, -0.2) is 46.8 Å². The summed E-state index contributed by atoms with van der Waals surface area (Å²) in [5.41, 5.74) is -0.139. The van der Waals surface area contributed by atoms with Crippen LogP contribution in [0.3, 0.4) is 0 Å². The van der Waals surface area contributed by atoms with Crippen LogP contribution in [0.4, 0.5) is 4.79 Å². The standard InChI is InChI=1S/C15H22N2O4/c1-15(2,3)17(14(19)20)12(13(18)16(4)21-5)11-9-7-6-8-10-11/h6-10,12H,1-5H3,(H,19,20)/t12-/m0/s1. The maximum atomic E-state index is 12.6. The molecular weight excluding hydrogens is 272 g/mol. The van der Waals surface area contributed by atoms with E-state index in [2.05, 4.69) is 0 Å². The highest BCUT2D eigenvalue weighted by molar-refractivity contribution is 5.86. The zero-order valence-corrected chi connectivity index (χ0v) is 13.0. The van der Waals surface area contributed by atoms with Crippen molar-refractivity contribution in [1.82, 2.24) is 9.96 Å². The SMILES string of the molecule is CON(C)C(=O)[C@H](c1ccccc1)N(C(=O)O)C(C)(C)C. The maximum absolute atomic E-state index is 12.6. The zero-order chi connectivity index (χ0) is 16.2. The summed E-state index contributed by atoms with van der Waals surface area (Å²) in [5, 5.41) is 10.6. The smallest absolute Gasteiger partial charge is 0.408 e. The van der Waals surface area contributed by atoms with Crippen LogP contribution < -0.4 is 0 Å². The molecule has 1 aromatic carbocycles. The van der Waals surface area contributed by atoms with Gasteiger partial charge >= 0.3 is 6.09 Å². The molecule has 0 aliphatic rings. The Labute approximate surface area is 124 Å². The van der Waals surface area contributed by atoms with Gasteiger partial charge in [0.05, 0.1) is 7.11 Å². The Bertz CT molecular complexity index is 496. The first-order valence-corrected chi connectivity index (χ1v) is 6.59. The Balaban J connectivity index is 3.37. The van der Waals surface area contributed by atoms with Gasteiger partial charge in [0.2, 0.25) is 0 Å². The first kappa shape index (κ1) is 17.0. The quantitative estimate of drug-likeness (QED) is 0.866. The molecule has 0 aliphatic carbocycles. The van der Waals surface area contributed by atoms with E-state index in [-0.39, 0.29) is 0 Å². The van der Waals surface area contributed by atoms with Crippen molar-refractivity contribution in [3.63, 3.8) is 0 Å². The summed E-state index contributed by atoms with van der Waals surface area (Å²) in [4.78, 5) is 30.3. The van der Waals surface area contributed by atoms with Crippen molar-refractivity contribution in [1.29, 1.82) is 0 Å². The summed E-state index contributed by atoms with van der Waals surface area (Å²) >= 11 is 0. The summed E-state index contributed by atoms with van der Waals surface area (Å²) in [6.45, 7) is 5.24. The van der Waals surface area contributed by atoms with Crippen molar-refractivity contribution < 1.29 is 19.5 Å². The second kappa shape index (κ2) is 6.58. The van der Waals surface area contributed by atoms with Gasteiger partial charge in [0, 0.05) is 12.6 Å². The van der Waals surface area contributed by atoms with Gasteiger partial charge in [-0.1, -0.05) is 30.3 Å². The van der Waals surface area contributed by atoms with Crippen molar-refractivity contribution in [2.24, 2.45) is 0 Å². The number of carbonyl (C=O) groups excluding carboxylic acids is 1. The Morgan fingerprint density at radius 1 is 1.19 bits per heavy atom. The highest BCUT2D eigenvalue weighted by Crippen LogP contribution is 2.30. The molecule has 0 heterocycles. The van der Waals surface area contributed by atoms with Crippen LogP contribution in [-0.2, 0) is 9.63 Å². The largest absolute Gasteiger partial charge is 0.465 e. The van der Waals surface area contributed by atoms with Gasteiger partial charge in [-0.15, -0.1) is 0 Å². The number of hydroxylamine groups is 2. The van der Waals surface area contributed by atoms with Gasteiger partial charge in [0.25, 0.3) is 5.91 Å². The van der Waals surface area contributed by atoms with Crippen LogP contribution in [0, 0.1) is 0 Å². The van der Waals surface area contributed by atoms with Crippen LogP contribution in [0.2, 0.25) is 0 Å². The van der Waals surface area contributed by atoms with E-state index in [1.54, 1.807) is 45.0 Å². The first-order chi connectivity index (χ1) is 9.70. The number of hydrogen-bond donors (Lipinski definition) is 1. The van der Waals surface area contributed by atoms with Gasteiger partial charge in [-0.2, -0.15) is 0 Å². The van der Waals surface area contributed by atoms with Gasteiger partial charge in [-0.25, -0.2) is 9.86 Å².